The van der Waals surface area contributed by atoms with Crippen LogP contribution in [0, 0.1) is 10.1 Å². The predicted octanol–water partition coefficient (Wildman–Crippen LogP) is 1.35. The van der Waals surface area contributed by atoms with Gasteiger partial charge in [0.05, 0.1) is 17.8 Å². The monoisotopic (exact) mass is 338 g/mol. The van der Waals surface area contributed by atoms with Crippen LogP contribution in [-0.2, 0) is 6.54 Å². The molecule has 0 radical (unpaired) electrons. The molecule has 11 heteroatoms. The average Bonchev–Trinajstić information content (AvgIpc) is 2.96. The summed E-state index contributed by atoms with van der Waals surface area (Å²) in [6, 6.07) is 4.04. The first-order valence-electron chi connectivity index (χ1n) is 6.22. The van der Waals surface area contributed by atoms with E-state index in [0.29, 0.717) is 10.7 Å². The molecule has 0 spiro atoms. The van der Waals surface area contributed by atoms with Crippen molar-refractivity contribution in [2.45, 2.75) is 13.5 Å². The third-order valence-electron chi connectivity index (χ3n) is 2.63. The van der Waals surface area contributed by atoms with Crippen LogP contribution in [0.3, 0.4) is 0 Å². The SMILES string of the molecule is C/C(Cn1cnc([N+](=O)[O-])n1)=N/NC(=O)c1cc(Cl)ccc1O. The maximum atomic E-state index is 11.9. The van der Waals surface area contributed by atoms with E-state index in [1.807, 2.05) is 0 Å². The molecule has 0 saturated heterocycles. The number of benzene rings is 1. The highest BCUT2D eigenvalue weighted by Crippen LogP contribution is 2.21. The average molecular weight is 339 g/mol. The zero-order chi connectivity index (χ0) is 17.0. The van der Waals surface area contributed by atoms with Crippen molar-refractivity contribution in [1.29, 1.82) is 0 Å². The van der Waals surface area contributed by atoms with Crippen molar-refractivity contribution in [1.82, 2.24) is 20.2 Å². The van der Waals surface area contributed by atoms with Gasteiger partial charge in [-0.2, -0.15) is 9.78 Å². The van der Waals surface area contributed by atoms with E-state index in [-0.39, 0.29) is 17.9 Å². The van der Waals surface area contributed by atoms with E-state index < -0.39 is 16.8 Å². The number of aromatic nitrogens is 3. The predicted molar refractivity (Wildman–Crippen MR) is 80.4 cm³/mol. The third-order valence-corrected chi connectivity index (χ3v) is 2.87. The summed E-state index contributed by atoms with van der Waals surface area (Å²) in [6.07, 6.45) is 1.18. The van der Waals surface area contributed by atoms with Crippen molar-refractivity contribution in [3.63, 3.8) is 0 Å². The number of carbonyl (C=O) groups is 1. The number of phenolic OH excluding ortho intramolecular Hbond substituents is 1. The third kappa shape index (κ3) is 4.23. The number of hydrogen-bond acceptors (Lipinski definition) is 7. The molecule has 120 valence electrons. The molecular formula is C12H11ClN6O4. The van der Waals surface area contributed by atoms with Crippen molar-refractivity contribution in [3.8, 4) is 5.75 Å². The maximum Gasteiger partial charge on any atom is 0.490 e. The smallest absolute Gasteiger partial charge is 0.490 e. The Morgan fingerprint density at radius 2 is 2.30 bits per heavy atom. The Hall–Kier alpha value is -3.01. The van der Waals surface area contributed by atoms with Gasteiger partial charge in [0, 0.05) is 10.1 Å². The number of hydrazone groups is 1. The molecule has 1 aromatic heterocycles. The van der Waals surface area contributed by atoms with Crippen molar-refractivity contribution >= 4 is 29.2 Å². The summed E-state index contributed by atoms with van der Waals surface area (Å²) in [7, 11) is 0. The van der Waals surface area contributed by atoms with Crippen LogP contribution in [0.5, 0.6) is 5.75 Å². The minimum atomic E-state index is -0.716. The van der Waals surface area contributed by atoms with E-state index in [1.165, 1.54) is 29.2 Å². The molecule has 0 unspecified atom stereocenters. The summed E-state index contributed by atoms with van der Waals surface area (Å²) in [5, 5.41) is 27.8. The number of phenols is 1. The van der Waals surface area contributed by atoms with Crippen LogP contribution in [0.25, 0.3) is 0 Å². The largest absolute Gasteiger partial charge is 0.507 e. The molecule has 2 N–H and O–H groups in total. The van der Waals surface area contributed by atoms with Crippen LogP contribution in [0.15, 0.2) is 29.6 Å². The van der Waals surface area contributed by atoms with Gasteiger partial charge in [0.1, 0.15) is 5.75 Å². The molecule has 0 aliphatic carbocycles. The summed E-state index contributed by atoms with van der Waals surface area (Å²) in [5.74, 6) is -1.40. The van der Waals surface area contributed by atoms with Crippen molar-refractivity contribution < 1.29 is 14.8 Å². The van der Waals surface area contributed by atoms with Crippen LogP contribution < -0.4 is 5.43 Å². The van der Waals surface area contributed by atoms with Gasteiger partial charge < -0.3 is 15.2 Å². The highest BCUT2D eigenvalue weighted by atomic mass is 35.5. The van der Waals surface area contributed by atoms with Crippen LogP contribution >= 0.6 is 11.6 Å². The fraction of sp³-hybridized carbons (Fsp3) is 0.167. The number of nitrogens with zero attached hydrogens (tertiary/aromatic N) is 5. The lowest BCUT2D eigenvalue weighted by molar-refractivity contribution is -0.394. The lowest BCUT2D eigenvalue weighted by atomic mass is 10.2. The van der Waals surface area contributed by atoms with Crippen LogP contribution in [0.4, 0.5) is 5.95 Å². The van der Waals surface area contributed by atoms with Crippen molar-refractivity contribution in [3.05, 3.63) is 45.2 Å². The number of amides is 1. The zero-order valence-electron chi connectivity index (χ0n) is 11.8. The number of nitro groups is 1. The molecule has 1 amide bonds. The second-order valence-electron chi connectivity index (χ2n) is 4.45. The Kier molecular flexibility index (Phi) is 4.86. The van der Waals surface area contributed by atoms with Gasteiger partial charge in [-0.1, -0.05) is 16.6 Å². The topological polar surface area (TPSA) is 136 Å². The van der Waals surface area contributed by atoms with E-state index >= 15 is 0 Å². The molecule has 0 aliphatic heterocycles. The van der Waals surface area contributed by atoms with E-state index in [1.54, 1.807) is 6.92 Å². The minimum Gasteiger partial charge on any atom is -0.507 e. The fourth-order valence-corrected chi connectivity index (χ4v) is 1.78. The van der Waals surface area contributed by atoms with Crippen molar-refractivity contribution in [2.75, 3.05) is 0 Å². The molecule has 0 fully saturated rings. The number of hydrogen-bond donors (Lipinski definition) is 2. The van der Waals surface area contributed by atoms with Gasteiger partial charge >= 0.3 is 5.95 Å². The number of carbonyl (C=O) groups excluding carboxylic acids is 1. The molecule has 0 aliphatic rings. The van der Waals surface area contributed by atoms with E-state index in [9.17, 15) is 20.0 Å². The van der Waals surface area contributed by atoms with Gasteiger partial charge in [0.15, 0.2) is 0 Å². The second kappa shape index (κ2) is 6.83. The minimum absolute atomic E-state index is 0.0227. The molecule has 0 atom stereocenters. The normalized spacial score (nSPS) is 11.3. The van der Waals surface area contributed by atoms with Crippen LogP contribution in [0.1, 0.15) is 17.3 Å². The molecule has 2 rings (SSSR count). The highest BCUT2D eigenvalue weighted by molar-refractivity contribution is 6.31. The maximum absolute atomic E-state index is 11.9. The summed E-state index contributed by atoms with van der Waals surface area (Å²) in [5.41, 5.74) is 2.65. The quantitative estimate of drug-likeness (QED) is 0.480. The zero-order valence-corrected chi connectivity index (χ0v) is 12.6. The molecule has 2 aromatic rings. The van der Waals surface area contributed by atoms with Gasteiger partial charge in [-0.15, -0.1) is 0 Å². The van der Waals surface area contributed by atoms with E-state index in [2.05, 4.69) is 20.6 Å². The van der Waals surface area contributed by atoms with E-state index in [0.717, 1.165) is 0 Å². The summed E-state index contributed by atoms with van der Waals surface area (Å²) in [4.78, 5) is 25.2. The Morgan fingerprint density at radius 3 is 2.96 bits per heavy atom. The molecule has 0 bridgehead atoms. The van der Waals surface area contributed by atoms with Crippen molar-refractivity contribution in [2.24, 2.45) is 5.10 Å². The number of aromatic hydroxyl groups is 1. The number of nitrogens with one attached hydrogen (secondary N) is 1. The fourth-order valence-electron chi connectivity index (χ4n) is 1.61. The molecule has 10 nitrogen and oxygen atoms in total. The van der Waals surface area contributed by atoms with Gasteiger partial charge in [-0.05, 0) is 30.0 Å². The van der Waals surface area contributed by atoms with Gasteiger partial charge in [0.25, 0.3) is 5.91 Å². The van der Waals surface area contributed by atoms with Gasteiger partial charge in [-0.3, -0.25) is 4.79 Å². The Bertz CT molecular complexity index is 788. The molecule has 23 heavy (non-hydrogen) atoms. The van der Waals surface area contributed by atoms with Crippen LogP contribution in [0.2, 0.25) is 5.02 Å². The highest BCUT2D eigenvalue weighted by Gasteiger charge is 2.14. The first-order chi connectivity index (χ1) is 10.9. The van der Waals surface area contributed by atoms with E-state index in [4.69, 9.17) is 11.6 Å². The number of rotatable bonds is 5. The second-order valence-corrected chi connectivity index (χ2v) is 4.89. The van der Waals surface area contributed by atoms with Crippen LogP contribution in [-0.4, -0.2) is 36.4 Å². The first-order valence-corrected chi connectivity index (χ1v) is 6.60. The summed E-state index contributed by atoms with van der Waals surface area (Å²) >= 11 is 5.76. The van der Waals surface area contributed by atoms with Gasteiger partial charge in [-0.25, -0.2) is 5.43 Å². The first kappa shape index (κ1) is 16.4. The Balaban J connectivity index is 2.02. The molecule has 0 saturated carbocycles. The van der Waals surface area contributed by atoms with Gasteiger partial charge in [0.2, 0.25) is 6.33 Å². The summed E-state index contributed by atoms with van der Waals surface area (Å²) < 4.78 is 1.21. The number of halogens is 1. The standard InChI is InChI=1S/C12H11ClN6O4/c1-7(5-18-6-14-12(17-18)19(22)23)15-16-11(21)9-4-8(13)2-3-10(9)20/h2-4,6,20H,5H2,1H3,(H,16,21)/b15-7-. The lowest BCUT2D eigenvalue weighted by Crippen LogP contribution is -2.20. The lowest BCUT2D eigenvalue weighted by Gasteiger charge is -2.04. The molecular weight excluding hydrogens is 328 g/mol. The molecule has 1 heterocycles. The Labute approximate surface area is 134 Å². The molecule has 1 aromatic carbocycles. The summed E-state index contributed by atoms with van der Waals surface area (Å²) in [6.45, 7) is 1.69. The Morgan fingerprint density at radius 1 is 1.57 bits per heavy atom.